The zero-order chi connectivity index (χ0) is 9.56. The third-order valence-corrected chi connectivity index (χ3v) is 2.10. The molecule has 0 aliphatic rings. The van der Waals surface area contributed by atoms with Crippen LogP contribution in [0.5, 0.6) is 0 Å². The second kappa shape index (κ2) is 8.04. The molecule has 1 rings (SSSR count). The van der Waals surface area contributed by atoms with Gasteiger partial charge in [-0.15, -0.1) is 23.7 Å². The van der Waals surface area contributed by atoms with Gasteiger partial charge in [-0.05, 0) is 19.1 Å². The number of nitrogen functional groups attached to an aromatic ring is 1. The van der Waals surface area contributed by atoms with Gasteiger partial charge < -0.3 is 10.5 Å². The second-order valence-corrected chi connectivity index (χ2v) is 3.47. The van der Waals surface area contributed by atoms with Crippen LogP contribution in [0.3, 0.4) is 0 Å². The number of carbonyl (C=O) groups excluding carboxylic acids is 1. The molecule has 0 saturated heterocycles. The van der Waals surface area contributed by atoms with Crippen LogP contribution >= 0.6 is 35.3 Å². The van der Waals surface area contributed by atoms with Crippen molar-refractivity contribution in [3.8, 4) is 0 Å². The summed E-state index contributed by atoms with van der Waals surface area (Å²) in [6.07, 6.45) is 0.750. The van der Waals surface area contributed by atoms with Gasteiger partial charge in [0.25, 0.3) is 0 Å². The molecule has 0 aliphatic carbocycles. The maximum atomic E-state index is 8.81. The summed E-state index contributed by atoms with van der Waals surface area (Å²) in [5.74, 6) is 0.0758. The Morgan fingerprint density at radius 3 is 2.31 bits per heavy atom. The van der Waals surface area contributed by atoms with E-state index in [2.05, 4.69) is 0 Å². The molecule has 1 aromatic rings. The molecule has 6 heteroatoms. The van der Waals surface area contributed by atoms with Gasteiger partial charge in [0.2, 0.25) is 0 Å². The molecule has 0 saturated carbocycles. The molecule has 74 valence electrons. The summed E-state index contributed by atoms with van der Waals surface area (Å²) in [6, 6.07) is 3.46. The van der Waals surface area contributed by atoms with Crippen molar-refractivity contribution < 1.29 is 4.79 Å². The number of amidine groups is 1. The van der Waals surface area contributed by atoms with Gasteiger partial charge in [0.15, 0.2) is 0 Å². The van der Waals surface area contributed by atoms with Crippen LogP contribution in [0.2, 0.25) is 4.34 Å². The van der Waals surface area contributed by atoms with E-state index in [1.807, 2.05) is 0 Å². The summed E-state index contributed by atoms with van der Waals surface area (Å²) in [6.45, 7) is 1.44. The number of rotatable bonds is 1. The van der Waals surface area contributed by atoms with E-state index in [0.717, 1.165) is 11.2 Å². The number of thiophene rings is 1. The van der Waals surface area contributed by atoms with Crippen molar-refractivity contribution in [2.75, 3.05) is 0 Å². The van der Waals surface area contributed by atoms with Crippen LogP contribution in [0.25, 0.3) is 0 Å². The Morgan fingerprint density at radius 1 is 1.69 bits per heavy atom. The third kappa shape index (κ3) is 6.57. The van der Waals surface area contributed by atoms with E-state index in [0.29, 0.717) is 4.34 Å². The summed E-state index contributed by atoms with van der Waals surface area (Å²) in [7, 11) is 0. The van der Waals surface area contributed by atoms with Gasteiger partial charge in [0.1, 0.15) is 12.1 Å². The van der Waals surface area contributed by atoms with E-state index in [9.17, 15) is 0 Å². The Kier molecular flexibility index (Phi) is 9.22. The highest BCUT2D eigenvalue weighted by molar-refractivity contribution is 7.18. The lowest BCUT2D eigenvalue weighted by Gasteiger charge is -1.85. The SMILES string of the molecule is CC=O.Cl.N=C(N)c1ccc(Cl)s1. The lowest BCUT2D eigenvalue weighted by molar-refractivity contribution is -0.106. The van der Waals surface area contributed by atoms with Crippen LogP contribution in [0, 0.1) is 5.41 Å². The fourth-order valence-electron chi connectivity index (χ4n) is 0.459. The Balaban J connectivity index is 0. The molecular weight excluding hydrogens is 231 g/mol. The largest absolute Gasteiger partial charge is 0.383 e. The lowest BCUT2D eigenvalue weighted by Crippen LogP contribution is -2.08. The first kappa shape index (κ1) is 14.9. The van der Waals surface area contributed by atoms with Gasteiger partial charge in [-0.3, -0.25) is 5.41 Å². The Morgan fingerprint density at radius 2 is 2.15 bits per heavy atom. The number of carbonyl (C=O) groups is 1. The van der Waals surface area contributed by atoms with Crippen molar-refractivity contribution in [2.24, 2.45) is 5.73 Å². The number of aldehydes is 1. The van der Waals surface area contributed by atoms with Gasteiger partial charge in [-0.1, -0.05) is 11.6 Å². The van der Waals surface area contributed by atoms with Crippen LogP contribution in [-0.2, 0) is 4.79 Å². The quantitative estimate of drug-likeness (QED) is 0.450. The summed E-state index contributed by atoms with van der Waals surface area (Å²) in [5.41, 5.74) is 5.16. The molecule has 0 aliphatic heterocycles. The molecule has 1 aromatic heterocycles. The fraction of sp³-hybridized carbons (Fsp3) is 0.143. The van der Waals surface area contributed by atoms with E-state index in [-0.39, 0.29) is 18.2 Å². The van der Waals surface area contributed by atoms with E-state index in [1.165, 1.54) is 18.3 Å². The molecular formula is C7H10Cl2N2OS. The predicted molar refractivity (Wildman–Crippen MR) is 59.3 cm³/mol. The van der Waals surface area contributed by atoms with Crippen LogP contribution < -0.4 is 5.73 Å². The first-order valence-corrected chi connectivity index (χ1v) is 4.30. The monoisotopic (exact) mass is 240 g/mol. The zero-order valence-corrected chi connectivity index (χ0v) is 9.30. The van der Waals surface area contributed by atoms with Crippen LogP contribution in [0.1, 0.15) is 11.8 Å². The number of nitrogens with two attached hydrogens (primary N) is 1. The van der Waals surface area contributed by atoms with Gasteiger partial charge in [0.05, 0.1) is 9.21 Å². The van der Waals surface area contributed by atoms with Crippen molar-refractivity contribution in [3.05, 3.63) is 21.3 Å². The molecule has 0 amide bonds. The van der Waals surface area contributed by atoms with Crippen molar-refractivity contribution in [3.63, 3.8) is 0 Å². The number of halogens is 2. The second-order valence-electron chi connectivity index (χ2n) is 1.75. The minimum absolute atomic E-state index is 0. The highest BCUT2D eigenvalue weighted by Gasteiger charge is 1.98. The van der Waals surface area contributed by atoms with Crippen molar-refractivity contribution >= 4 is 47.5 Å². The zero-order valence-electron chi connectivity index (χ0n) is 6.91. The van der Waals surface area contributed by atoms with E-state index in [4.69, 9.17) is 27.5 Å². The minimum atomic E-state index is 0. The molecule has 0 aromatic carbocycles. The normalized spacial score (nSPS) is 7.54. The van der Waals surface area contributed by atoms with Gasteiger partial charge in [-0.2, -0.15) is 0 Å². The first-order valence-electron chi connectivity index (χ1n) is 3.11. The van der Waals surface area contributed by atoms with Crippen LogP contribution in [0.15, 0.2) is 12.1 Å². The Bertz CT molecular complexity index is 275. The molecule has 0 atom stereocenters. The van der Waals surface area contributed by atoms with Crippen LogP contribution in [-0.4, -0.2) is 12.1 Å². The van der Waals surface area contributed by atoms with Crippen molar-refractivity contribution in [2.45, 2.75) is 6.92 Å². The summed E-state index contributed by atoms with van der Waals surface area (Å²) in [5, 5.41) is 6.98. The lowest BCUT2D eigenvalue weighted by atomic mass is 10.4. The smallest absolute Gasteiger partial charge is 0.133 e. The molecule has 0 bridgehead atoms. The van der Waals surface area contributed by atoms with E-state index < -0.39 is 0 Å². The van der Waals surface area contributed by atoms with Gasteiger partial charge in [-0.25, -0.2) is 0 Å². The molecule has 1 heterocycles. The first-order chi connectivity index (χ1) is 5.61. The Labute approximate surface area is 91.8 Å². The fourth-order valence-corrected chi connectivity index (χ4v) is 1.36. The molecule has 0 fully saturated rings. The molecule has 3 nitrogen and oxygen atoms in total. The molecule has 0 radical (unpaired) electrons. The average Bonchev–Trinajstić information content (AvgIpc) is 2.37. The molecule has 0 unspecified atom stereocenters. The predicted octanol–water partition coefficient (Wildman–Crippen LogP) is 2.31. The average molecular weight is 241 g/mol. The highest BCUT2D eigenvalue weighted by atomic mass is 35.5. The summed E-state index contributed by atoms with van der Waals surface area (Å²) < 4.78 is 0.667. The molecule has 3 N–H and O–H groups in total. The van der Waals surface area contributed by atoms with Gasteiger partial charge >= 0.3 is 0 Å². The maximum Gasteiger partial charge on any atom is 0.133 e. The summed E-state index contributed by atoms with van der Waals surface area (Å²) in [4.78, 5) is 9.53. The third-order valence-electron chi connectivity index (χ3n) is 0.839. The Hall–Kier alpha value is -0.580. The minimum Gasteiger partial charge on any atom is -0.383 e. The van der Waals surface area contributed by atoms with Gasteiger partial charge in [0, 0.05) is 0 Å². The number of nitrogens with one attached hydrogen (secondary N) is 1. The van der Waals surface area contributed by atoms with Crippen molar-refractivity contribution in [1.82, 2.24) is 0 Å². The molecule has 0 spiro atoms. The standard InChI is InChI=1S/C5H5ClN2S.C2H4O.ClH/c6-4-2-1-3(9-4)5(7)8;1-2-3;/h1-2H,(H3,7,8);2H,1H3;1H. The topological polar surface area (TPSA) is 66.9 Å². The number of hydrogen-bond acceptors (Lipinski definition) is 3. The molecule has 13 heavy (non-hydrogen) atoms. The number of hydrogen-bond donors (Lipinski definition) is 2. The maximum absolute atomic E-state index is 8.81. The van der Waals surface area contributed by atoms with Crippen LogP contribution in [0.4, 0.5) is 0 Å². The highest BCUT2D eigenvalue weighted by Crippen LogP contribution is 2.20. The summed E-state index contributed by atoms with van der Waals surface area (Å²) >= 11 is 6.88. The van der Waals surface area contributed by atoms with Crippen molar-refractivity contribution in [1.29, 1.82) is 5.41 Å². The van der Waals surface area contributed by atoms with E-state index >= 15 is 0 Å². The van der Waals surface area contributed by atoms with E-state index in [1.54, 1.807) is 12.1 Å².